The molecule has 3 rings (SSSR count). The van der Waals surface area contributed by atoms with E-state index in [-0.39, 0.29) is 12.7 Å². The Morgan fingerprint density at radius 2 is 2.00 bits per heavy atom. The number of ether oxygens (including phenoxy) is 2. The molecule has 0 aliphatic carbocycles. The number of aryl methyl sites for hydroxylation is 1. The summed E-state index contributed by atoms with van der Waals surface area (Å²) in [6, 6.07) is 7.03. The zero-order chi connectivity index (χ0) is 14.1. The molecule has 0 fully saturated rings. The van der Waals surface area contributed by atoms with Crippen LogP contribution in [0.5, 0.6) is 11.5 Å². The van der Waals surface area contributed by atoms with Gasteiger partial charge in [0, 0.05) is 29.2 Å². The molecule has 0 bridgehead atoms. The number of anilines is 1. The number of benzene rings is 1. The van der Waals surface area contributed by atoms with Gasteiger partial charge >= 0.3 is 0 Å². The monoisotopic (exact) mass is 270 g/mol. The highest BCUT2D eigenvalue weighted by atomic mass is 16.7. The van der Waals surface area contributed by atoms with E-state index >= 15 is 0 Å². The Morgan fingerprint density at radius 1 is 1.20 bits per heavy atom. The van der Waals surface area contributed by atoms with Crippen LogP contribution in [-0.2, 0) is 0 Å². The normalized spacial score (nSPS) is 12.3. The first kappa shape index (κ1) is 12.5. The van der Waals surface area contributed by atoms with Crippen LogP contribution in [0.25, 0.3) is 0 Å². The van der Waals surface area contributed by atoms with Gasteiger partial charge in [0.15, 0.2) is 11.5 Å². The van der Waals surface area contributed by atoms with Gasteiger partial charge < -0.3 is 14.8 Å². The summed E-state index contributed by atoms with van der Waals surface area (Å²) in [7, 11) is 0. The number of nitrogens with zero attached hydrogens (tertiary/aromatic N) is 1. The lowest BCUT2D eigenvalue weighted by Crippen LogP contribution is -2.14. The van der Waals surface area contributed by atoms with Gasteiger partial charge in [-0.3, -0.25) is 9.78 Å². The first-order valence-corrected chi connectivity index (χ1v) is 6.28. The topological polar surface area (TPSA) is 60.5 Å². The van der Waals surface area contributed by atoms with Crippen molar-refractivity contribution in [3.8, 4) is 11.5 Å². The summed E-state index contributed by atoms with van der Waals surface area (Å²) in [5.74, 6) is 1.18. The molecule has 2 heterocycles. The summed E-state index contributed by atoms with van der Waals surface area (Å²) in [6.45, 7) is 3.99. The molecule has 1 aromatic carbocycles. The third-order valence-electron chi connectivity index (χ3n) is 3.33. The summed E-state index contributed by atoms with van der Waals surface area (Å²) in [6.07, 6.45) is 1.64. The molecule has 0 saturated heterocycles. The van der Waals surface area contributed by atoms with E-state index in [9.17, 15) is 4.79 Å². The number of hydrogen-bond donors (Lipinski definition) is 1. The third kappa shape index (κ3) is 2.18. The summed E-state index contributed by atoms with van der Waals surface area (Å²) < 4.78 is 10.5. The molecule has 20 heavy (non-hydrogen) atoms. The van der Waals surface area contributed by atoms with Crippen LogP contribution in [0, 0.1) is 13.8 Å². The largest absolute Gasteiger partial charge is 0.454 e. The minimum atomic E-state index is -0.160. The second-order valence-corrected chi connectivity index (χ2v) is 4.59. The molecular weight excluding hydrogens is 256 g/mol. The predicted molar refractivity (Wildman–Crippen MR) is 74.2 cm³/mol. The van der Waals surface area contributed by atoms with Gasteiger partial charge in [0.1, 0.15) is 0 Å². The molecule has 0 radical (unpaired) electrons. The first-order chi connectivity index (χ1) is 9.65. The van der Waals surface area contributed by atoms with Crippen molar-refractivity contribution in [1.29, 1.82) is 0 Å². The van der Waals surface area contributed by atoms with Crippen LogP contribution in [0.1, 0.15) is 21.6 Å². The van der Waals surface area contributed by atoms with E-state index in [1.54, 1.807) is 30.5 Å². The molecule has 1 aliphatic rings. The van der Waals surface area contributed by atoms with Gasteiger partial charge in [-0.2, -0.15) is 0 Å². The van der Waals surface area contributed by atoms with Crippen LogP contribution in [0.3, 0.4) is 0 Å². The van der Waals surface area contributed by atoms with Crippen LogP contribution < -0.4 is 14.8 Å². The van der Waals surface area contributed by atoms with E-state index in [1.807, 2.05) is 13.8 Å². The highest BCUT2D eigenvalue weighted by Gasteiger charge is 2.15. The molecule has 0 unspecified atom stereocenters. The van der Waals surface area contributed by atoms with Gasteiger partial charge in [-0.25, -0.2) is 0 Å². The van der Waals surface area contributed by atoms with Crippen molar-refractivity contribution >= 4 is 11.6 Å². The molecule has 5 nitrogen and oxygen atoms in total. The molecule has 1 N–H and O–H groups in total. The molecule has 1 aromatic heterocycles. The minimum absolute atomic E-state index is 0.160. The molecule has 0 spiro atoms. The Labute approximate surface area is 116 Å². The van der Waals surface area contributed by atoms with Gasteiger partial charge in [0.05, 0.1) is 0 Å². The third-order valence-corrected chi connectivity index (χ3v) is 3.33. The Kier molecular flexibility index (Phi) is 3.02. The van der Waals surface area contributed by atoms with Crippen molar-refractivity contribution in [2.45, 2.75) is 13.8 Å². The maximum absolute atomic E-state index is 12.3. The maximum atomic E-state index is 12.3. The Bertz CT molecular complexity index is 683. The van der Waals surface area contributed by atoms with Gasteiger partial charge in [0.25, 0.3) is 5.91 Å². The lowest BCUT2D eigenvalue weighted by atomic mass is 10.1. The number of carbonyl (C=O) groups excluding carboxylic acids is 1. The number of pyridine rings is 1. The standard InChI is InChI=1S/C15H14N2O3/c1-9-10(2)16-6-5-12(9)15(18)17-11-3-4-13-14(7-11)20-8-19-13/h3-7H,8H2,1-2H3,(H,17,18). The predicted octanol–water partition coefficient (Wildman–Crippen LogP) is 2.68. The van der Waals surface area contributed by atoms with Gasteiger partial charge in [-0.1, -0.05) is 0 Å². The van der Waals surface area contributed by atoms with Gasteiger partial charge in [-0.15, -0.1) is 0 Å². The zero-order valence-corrected chi connectivity index (χ0v) is 11.3. The zero-order valence-electron chi connectivity index (χ0n) is 11.3. The number of nitrogens with one attached hydrogen (secondary N) is 1. The van der Waals surface area contributed by atoms with E-state index in [2.05, 4.69) is 10.3 Å². The molecule has 2 aromatic rings. The van der Waals surface area contributed by atoms with E-state index in [1.165, 1.54) is 0 Å². The maximum Gasteiger partial charge on any atom is 0.256 e. The summed E-state index contributed by atoms with van der Waals surface area (Å²) in [5, 5.41) is 2.85. The van der Waals surface area contributed by atoms with Crippen molar-refractivity contribution in [2.75, 3.05) is 12.1 Å². The average Bonchev–Trinajstić information content (AvgIpc) is 2.89. The Balaban J connectivity index is 1.84. The fourth-order valence-corrected chi connectivity index (χ4v) is 2.06. The Hall–Kier alpha value is -2.56. The minimum Gasteiger partial charge on any atom is -0.454 e. The van der Waals surface area contributed by atoms with Crippen molar-refractivity contribution in [1.82, 2.24) is 4.98 Å². The summed E-state index contributed by atoms with van der Waals surface area (Å²) >= 11 is 0. The number of amides is 1. The van der Waals surface area contributed by atoms with Crippen LogP contribution in [0.15, 0.2) is 30.5 Å². The van der Waals surface area contributed by atoms with Crippen molar-refractivity contribution in [3.63, 3.8) is 0 Å². The lowest BCUT2D eigenvalue weighted by molar-refractivity contribution is 0.102. The fraction of sp³-hybridized carbons (Fsp3) is 0.200. The van der Waals surface area contributed by atoms with Crippen LogP contribution in [0.2, 0.25) is 0 Å². The second-order valence-electron chi connectivity index (χ2n) is 4.59. The number of carbonyl (C=O) groups is 1. The lowest BCUT2D eigenvalue weighted by Gasteiger charge is -2.09. The number of fused-ring (bicyclic) bond motifs is 1. The molecule has 5 heteroatoms. The number of rotatable bonds is 2. The quantitative estimate of drug-likeness (QED) is 0.911. The molecular formula is C15H14N2O3. The molecule has 1 aliphatic heterocycles. The van der Waals surface area contributed by atoms with Crippen LogP contribution in [-0.4, -0.2) is 17.7 Å². The smallest absolute Gasteiger partial charge is 0.256 e. The van der Waals surface area contributed by atoms with E-state index in [0.29, 0.717) is 22.7 Å². The second kappa shape index (κ2) is 4.85. The number of hydrogen-bond acceptors (Lipinski definition) is 4. The average molecular weight is 270 g/mol. The van der Waals surface area contributed by atoms with Crippen LogP contribution >= 0.6 is 0 Å². The molecule has 1 amide bonds. The van der Waals surface area contributed by atoms with Gasteiger partial charge in [0.2, 0.25) is 6.79 Å². The van der Waals surface area contributed by atoms with E-state index in [4.69, 9.17) is 9.47 Å². The van der Waals surface area contributed by atoms with Crippen molar-refractivity contribution in [2.24, 2.45) is 0 Å². The molecule has 0 saturated carbocycles. The van der Waals surface area contributed by atoms with E-state index in [0.717, 1.165) is 11.3 Å². The molecule has 0 atom stereocenters. The highest BCUT2D eigenvalue weighted by molar-refractivity contribution is 6.05. The molecule has 102 valence electrons. The number of aromatic nitrogens is 1. The SMILES string of the molecule is Cc1nccc(C(=O)Nc2ccc3c(c2)OCO3)c1C. The van der Waals surface area contributed by atoms with E-state index < -0.39 is 0 Å². The first-order valence-electron chi connectivity index (χ1n) is 6.28. The van der Waals surface area contributed by atoms with Gasteiger partial charge in [-0.05, 0) is 37.6 Å². The van der Waals surface area contributed by atoms with Crippen molar-refractivity contribution < 1.29 is 14.3 Å². The fourth-order valence-electron chi connectivity index (χ4n) is 2.06. The summed E-state index contributed by atoms with van der Waals surface area (Å²) in [5.41, 5.74) is 3.03. The highest BCUT2D eigenvalue weighted by Crippen LogP contribution is 2.34. The van der Waals surface area contributed by atoms with Crippen LogP contribution in [0.4, 0.5) is 5.69 Å². The Morgan fingerprint density at radius 3 is 2.85 bits per heavy atom. The van der Waals surface area contributed by atoms with Crippen molar-refractivity contribution in [3.05, 3.63) is 47.3 Å². The summed E-state index contributed by atoms with van der Waals surface area (Å²) in [4.78, 5) is 16.4.